The molecule has 0 spiro atoms. The monoisotopic (exact) mass is 381 g/mol. The van der Waals surface area contributed by atoms with Gasteiger partial charge in [0.2, 0.25) is 11.9 Å². The first-order chi connectivity index (χ1) is 12.9. The topological polar surface area (TPSA) is 92.9 Å². The number of amides is 1. The number of carbonyl (C=O) groups is 1. The average molecular weight is 382 g/mol. The molecule has 1 heterocycles. The number of primary amides is 1. The van der Waals surface area contributed by atoms with Gasteiger partial charge in [-0.3, -0.25) is 4.79 Å². The zero-order valence-corrected chi connectivity index (χ0v) is 15.8. The quantitative estimate of drug-likeness (QED) is 0.597. The van der Waals surface area contributed by atoms with E-state index in [4.69, 9.17) is 17.3 Å². The molecule has 7 heteroatoms. The molecule has 0 saturated carbocycles. The molecule has 0 fully saturated rings. The van der Waals surface area contributed by atoms with E-state index in [9.17, 15) is 4.79 Å². The number of rotatable bonds is 6. The number of nitrogens with zero attached hydrogens (tertiary/aromatic N) is 2. The number of hydrogen-bond acceptors (Lipinski definition) is 5. The van der Waals surface area contributed by atoms with Gasteiger partial charge < -0.3 is 16.4 Å². The Kier molecular flexibility index (Phi) is 5.57. The van der Waals surface area contributed by atoms with Crippen molar-refractivity contribution in [3.05, 3.63) is 76.4 Å². The van der Waals surface area contributed by atoms with Crippen LogP contribution in [0.4, 0.5) is 17.5 Å². The predicted octanol–water partition coefficient (Wildman–Crippen LogP) is 4.13. The molecule has 0 unspecified atom stereocenters. The number of aromatic nitrogens is 2. The summed E-state index contributed by atoms with van der Waals surface area (Å²) in [6, 6.07) is 14.1. The van der Waals surface area contributed by atoms with Gasteiger partial charge in [-0.2, -0.15) is 4.98 Å². The minimum absolute atomic E-state index is 0.285. The number of anilines is 3. The lowest BCUT2D eigenvalue weighted by atomic mass is 10.1. The number of benzene rings is 2. The molecule has 2 aromatic carbocycles. The van der Waals surface area contributed by atoms with Crippen molar-refractivity contribution in [1.29, 1.82) is 0 Å². The molecule has 1 aromatic heterocycles. The first-order valence-corrected chi connectivity index (χ1v) is 8.78. The van der Waals surface area contributed by atoms with Crippen molar-refractivity contribution in [2.75, 3.05) is 10.6 Å². The van der Waals surface area contributed by atoms with Gasteiger partial charge in [-0.05, 0) is 60.9 Å². The van der Waals surface area contributed by atoms with Crippen molar-refractivity contribution >= 4 is 35.0 Å². The van der Waals surface area contributed by atoms with Gasteiger partial charge in [-0.25, -0.2) is 4.98 Å². The molecule has 0 radical (unpaired) electrons. The van der Waals surface area contributed by atoms with Crippen molar-refractivity contribution in [3.63, 3.8) is 0 Å². The number of nitrogens with two attached hydrogens (primary N) is 1. The average Bonchev–Trinajstić information content (AvgIpc) is 2.59. The molecule has 1 amide bonds. The molecule has 6 nitrogen and oxygen atoms in total. The van der Waals surface area contributed by atoms with Crippen LogP contribution in [0.15, 0.2) is 54.7 Å². The van der Waals surface area contributed by atoms with E-state index in [0.29, 0.717) is 16.4 Å². The van der Waals surface area contributed by atoms with Gasteiger partial charge >= 0.3 is 0 Å². The van der Waals surface area contributed by atoms with Crippen LogP contribution in [-0.2, 0) is 4.79 Å². The van der Waals surface area contributed by atoms with Crippen LogP contribution in [0.25, 0.3) is 0 Å². The Labute approximate surface area is 162 Å². The van der Waals surface area contributed by atoms with Crippen LogP contribution in [-0.4, -0.2) is 15.9 Å². The summed E-state index contributed by atoms with van der Waals surface area (Å²) in [7, 11) is 0. The molecule has 0 bridgehead atoms. The Balaban J connectivity index is 1.82. The molecule has 0 aliphatic heterocycles. The fourth-order valence-corrected chi connectivity index (χ4v) is 3.03. The lowest BCUT2D eigenvalue weighted by Gasteiger charge is -2.16. The van der Waals surface area contributed by atoms with Crippen LogP contribution in [0, 0.1) is 13.8 Å². The van der Waals surface area contributed by atoms with Crippen LogP contribution in [0.1, 0.15) is 22.7 Å². The minimum Gasteiger partial charge on any atom is -0.368 e. The van der Waals surface area contributed by atoms with Gasteiger partial charge in [0.05, 0.1) is 0 Å². The van der Waals surface area contributed by atoms with Crippen LogP contribution >= 0.6 is 11.6 Å². The zero-order chi connectivity index (χ0) is 19.4. The molecule has 3 rings (SSSR count). The molecule has 1 atom stereocenters. The van der Waals surface area contributed by atoms with Gasteiger partial charge in [-0.15, -0.1) is 0 Å². The van der Waals surface area contributed by atoms with Crippen molar-refractivity contribution < 1.29 is 4.79 Å². The highest BCUT2D eigenvalue weighted by molar-refractivity contribution is 6.30. The van der Waals surface area contributed by atoms with Crippen LogP contribution in [0.2, 0.25) is 5.02 Å². The smallest absolute Gasteiger partial charge is 0.244 e. The fraction of sp³-hybridized carbons (Fsp3) is 0.150. The van der Waals surface area contributed by atoms with Crippen molar-refractivity contribution in [3.8, 4) is 0 Å². The number of nitrogens with one attached hydrogen (secondary N) is 2. The van der Waals surface area contributed by atoms with E-state index >= 15 is 0 Å². The normalized spacial score (nSPS) is 11.7. The number of carbonyl (C=O) groups excluding carboxylic acids is 1. The van der Waals surface area contributed by atoms with Crippen LogP contribution in [0.3, 0.4) is 0 Å². The molecular formula is C20H20ClN5O. The third kappa shape index (κ3) is 4.95. The first kappa shape index (κ1) is 18.7. The highest BCUT2D eigenvalue weighted by Gasteiger charge is 2.19. The lowest BCUT2D eigenvalue weighted by Crippen LogP contribution is -2.28. The van der Waals surface area contributed by atoms with E-state index < -0.39 is 11.9 Å². The lowest BCUT2D eigenvalue weighted by molar-refractivity contribution is -0.118. The Morgan fingerprint density at radius 2 is 1.85 bits per heavy atom. The largest absolute Gasteiger partial charge is 0.368 e. The second-order valence-electron chi connectivity index (χ2n) is 6.30. The second-order valence-corrected chi connectivity index (χ2v) is 6.74. The summed E-state index contributed by atoms with van der Waals surface area (Å²) in [4.78, 5) is 20.5. The standard InChI is InChI=1S/C20H20ClN5O/c1-12-8-13(2)10-16(9-12)24-17-6-7-23-20(25-17)26-18(19(22)27)14-4-3-5-15(21)11-14/h3-11,18H,1-2H3,(H2,22,27)(H2,23,24,25,26)/t18-/m1/s1. The molecule has 0 aliphatic rings. The third-order valence-electron chi connectivity index (χ3n) is 3.89. The number of hydrogen-bond donors (Lipinski definition) is 3. The Hall–Kier alpha value is -3.12. The summed E-state index contributed by atoms with van der Waals surface area (Å²) in [5.74, 6) is 0.341. The highest BCUT2D eigenvalue weighted by Crippen LogP contribution is 2.22. The summed E-state index contributed by atoms with van der Waals surface area (Å²) in [6.45, 7) is 4.07. The summed E-state index contributed by atoms with van der Waals surface area (Å²) < 4.78 is 0. The Morgan fingerprint density at radius 1 is 1.11 bits per heavy atom. The first-order valence-electron chi connectivity index (χ1n) is 8.40. The molecular weight excluding hydrogens is 362 g/mol. The molecule has 138 valence electrons. The zero-order valence-electron chi connectivity index (χ0n) is 15.0. The minimum atomic E-state index is -0.792. The predicted molar refractivity (Wildman–Crippen MR) is 108 cm³/mol. The fourth-order valence-electron chi connectivity index (χ4n) is 2.83. The summed E-state index contributed by atoms with van der Waals surface area (Å²) in [6.07, 6.45) is 1.61. The maximum Gasteiger partial charge on any atom is 0.244 e. The molecule has 4 N–H and O–H groups in total. The molecule has 27 heavy (non-hydrogen) atoms. The SMILES string of the molecule is Cc1cc(C)cc(Nc2ccnc(N[C@@H](C(N)=O)c3cccc(Cl)c3)n2)c1. The van der Waals surface area contributed by atoms with Gasteiger partial charge in [0.1, 0.15) is 11.9 Å². The van der Waals surface area contributed by atoms with E-state index in [1.807, 2.05) is 26.0 Å². The van der Waals surface area contributed by atoms with Crippen LogP contribution < -0.4 is 16.4 Å². The molecule has 3 aromatic rings. The summed E-state index contributed by atoms with van der Waals surface area (Å²) in [5, 5.41) is 6.74. The Morgan fingerprint density at radius 3 is 2.52 bits per heavy atom. The molecule has 0 saturated heterocycles. The van der Waals surface area contributed by atoms with Crippen molar-refractivity contribution in [1.82, 2.24) is 9.97 Å². The van der Waals surface area contributed by atoms with Gasteiger partial charge in [0, 0.05) is 16.9 Å². The van der Waals surface area contributed by atoms with E-state index in [1.54, 1.807) is 36.5 Å². The van der Waals surface area contributed by atoms with Crippen molar-refractivity contribution in [2.24, 2.45) is 5.73 Å². The maximum atomic E-state index is 11.9. The molecule has 0 aliphatic carbocycles. The van der Waals surface area contributed by atoms with E-state index in [0.717, 1.165) is 16.8 Å². The third-order valence-corrected chi connectivity index (χ3v) is 4.12. The Bertz CT molecular complexity index is 956. The van der Waals surface area contributed by atoms with E-state index in [1.165, 1.54) is 0 Å². The van der Waals surface area contributed by atoms with Crippen LogP contribution in [0.5, 0.6) is 0 Å². The van der Waals surface area contributed by atoms with Gasteiger partial charge in [-0.1, -0.05) is 29.8 Å². The van der Waals surface area contributed by atoms with E-state index in [2.05, 4.69) is 26.7 Å². The van der Waals surface area contributed by atoms with Crippen molar-refractivity contribution in [2.45, 2.75) is 19.9 Å². The summed E-state index contributed by atoms with van der Waals surface area (Å²) >= 11 is 6.02. The van der Waals surface area contributed by atoms with Gasteiger partial charge in [0.15, 0.2) is 0 Å². The van der Waals surface area contributed by atoms with Gasteiger partial charge in [0.25, 0.3) is 0 Å². The van der Waals surface area contributed by atoms with E-state index in [-0.39, 0.29) is 5.95 Å². The summed E-state index contributed by atoms with van der Waals surface area (Å²) in [5.41, 5.74) is 9.42. The number of halogens is 1. The second kappa shape index (κ2) is 8.05. The highest BCUT2D eigenvalue weighted by atomic mass is 35.5. The maximum absolute atomic E-state index is 11.9. The number of aryl methyl sites for hydroxylation is 2.